The average Bonchev–Trinajstić information content (AvgIpc) is 3.09. The summed E-state index contributed by atoms with van der Waals surface area (Å²) >= 11 is 1.45. The highest BCUT2D eigenvalue weighted by Crippen LogP contribution is 2.83. The molecule has 0 bridgehead atoms. The smallest absolute Gasteiger partial charge is 0.240 e. The van der Waals surface area contributed by atoms with Crippen LogP contribution in [0, 0.1) is 10.8 Å². The summed E-state index contributed by atoms with van der Waals surface area (Å²) in [7, 11) is 6.29. The van der Waals surface area contributed by atoms with Gasteiger partial charge in [0.2, 0.25) is 10.9 Å². The fraction of sp³-hybridized carbons (Fsp3) is 0.929. The molecular weight excluding hydrogens is 280 g/mol. The third-order valence-electron chi connectivity index (χ3n) is 5.09. The van der Waals surface area contributed by atoms with Gasteiger partial charge in [-0.15, -0.1) is 0 Å². The minimum Gasteiger partial charge on any atom is -0.351 e. The van der Waals surface area contributed by atoms with Crippen molar-refractivity contribution in [2.45, 2.75) is 43.3 Å². The predicted molar refractivity (Wildman–Crippen MR) is 76.4 cm³/mol. The first-order chi connectivity index (χ1) is 9.10. The highest BCUT2D eigenvalue weighted by atomic mass is 32.2. The molecule has 1 atom stereocenters. The van der Waals surface area contributed by atoms with Crippen LogP contribution in [0.5, 0.6) is 0 Å². The van der Waals surface area contributed by atoms with E-state index in [1.807, 2.05) is 27.7 Å². The molecule has 20 heavy (non-hydrogen) atoms. The van der Waals surface area contributed by atoms with Gasteiger partial charge in [0.15, 0.2) is 10.5 Å². The van der Waals surface area contributed by atoms with Crippen molar-refractivity contribution in [3.05, 3.63) is 0 Å². The van der Waals surface area contributed by atoms with E-state index in [1.54, 1.807) is 28.4 Å². The molecule has 0 aromatic rings. The van der Waals surface area contributed by atoms with Gasteiger partial charge in [-0.2, -0.15) is 0 Å². The number of hydrogen-bond donors (Lipinski definition) is 0. The Bertz CT molecular complexity index is 437. The van der Waals surface area contributed by atoms with Crippen LogP contribution in [-0.4, -0.2) is 49.9 Å². The topological polar surface area (TPSA) is 54.0 Å². The molecule has 1 saturated carbocycles. The first-order valence-electron chi connectivity index (χ1n) is 6.56. The summed E-state index contributed by atoms with van der Waals surface area (Å²) in [6.07, 6.45) is 0. The molecule has 1 spiro atoms. The number of hydrogen-bond acceptors (Lipinski definition) is 6. The van der Waals surface area contributed by atoms with Crippen molar-refractivity contribution >= 4 is 17.5 Å². The highest BCUT2D eigenvalue weighted by molar-refractivity contribution is 8.09. The van der Waals surface area contributed by atoms with Gasteiger partial charge in [0.25, 0.3) is 0 Å². The second-order valence-electron chi connectivity index (χ2n) is 6.35. The molecule has 1 aliphatic carbocycles. The SMILES string of the molecule is COC1(OC)SC12C(C)(C)C(=O)C(C)(C)C2(OC)OC. The zero-order chi connectivity index (χ0) is 15.6. The molecule has 1 unspecified atom stereocenters. The molecular formula is C14H24O5S. The zero-order valence-corrected chi connectivity index (χ0v) is 14.3. The number of rotatable bonds is 4. The van der Waals surface area contributed by atoms with Crippen LogP contribution >= 0.6 is 11.8 Å². The van der Waals surface area contributed by atoms with E-state index in [0.29, 0.717) is 0 Å². The maximum absolute atomic E-state index is 13.0. The van der Waals surface area contributed by atoms with E-state index < -0.39 is 26.5 Å². The lowest BCUT2D eigenvalue weighted by atomic mass is 9.78. The second kappa shape index (κ2) is 4.20. The summed E-state index contributed by atoms with van der Waals surface area (Å²) in [4.78, 5) is 13.0. The summed E-state index contributed by atoms with van der Waals surface area (Å²) in [6.45, 7) is 7.52. The van der Waals surface area contributed by atoms with Crippen LogP contribution in [0.2, 0.25) is 0 Å². The quantitative estimate of drug-likeness (QED) is 0.585. The molecule has 1 saturated heterocycles. The number of carbonyl (C=O) groups is 1. The van der Waals surface area contributed by atoms with Crippen molar-refractivity contribution < 1.29 is 23.7 Å². The van der Waals surface area contributed by atoms with E-state index in [9.17, 15) is 4.79 Å². The molecule has 2 fully saturated rings. The van der Waals surface area contributed by atoms with Crippen molar-refractivity contribution in [2.24, 2.45) is 10.8 Å². The minimum atomic E-state index is -1.11. The summed E-state index contributed by atoms with van der Waals surface area (Å²) in [6, 6.07) is 0. The van der Waals surface area contributed by atoms with Crippen molar-refractivity contribution in [1.82, 2.24) is 0 Å². The molecule has 116 valence electrons. The van der Waals surface area contributed by atoms with E-state index in [2.05, 4.69) is 0 Å². The standard InChI is InChI=1S/C14H24O5S/c1-10(2)9(15)11(3,4)13(16-5,17-6)12(10)14(18-7,19-8)20-12/h1-8H3. The van der Waals surface area contributed by atoms with Gasteiger partial charge in [0.1, 0.15) is 0 Å². The summed E-state index contributed by atoms with van der Waals surface area (Å²) < 4.78 is 22.0. The average molecular weight is 304 g/mol. The Morgan fingerprint density at radius 3 is 1.55 bits per heavy atom. The second-order valence-corrected chi connectivity index (χ2v) is 7.71. The Balaban J connectivity index is 2.74. The Morgan fingerprint density at radius 1 is 0.800 bits per heavy atom. The Kier molecular flexibility index (Phi) is 3.41. The zero-order valence-electron chi connectivity index (χ0n) is 13.4. The van der Waals surface area contributed by atoms with Crippen LogP contribution in [0.25, 0.3) is 0 Å². The molecule has 1 heterocycles. The van der Waals surface area contributed by atoms with Crippen LogP contribution in [0.1, 0.15) is 27.7 Å². The van der Waals surface area contributed by atoms with Gasteiger partial charge in [0, 0.05) is 28.4 Å². The van der Waals surface area contributed by atoms with Crippen LogP contribution < -0.4 is 0 Å². The number of ether oxygens (including phenoxy) is 4. The van der Waals surface area contributed by atoms with Crippen molar-refractivity contribution in [3.63, 3.8) is 0 Å². The molecule has 2 rings (SSSR count). The van der Waals surface area contributed by atoms with Gasteiger partial charge in [-0.05, 0) is 13.8 Å². The lowest BCUT2D eigenvalue weighted by molar-refractivity contribution is -0.293. The molecule has 0 N–H and O–H groups in total. The number of carbonyl (C=O) groups excluding carboxylic acids is 1. The van der Waals surface area contributed by atoms with E-state index in [4.69, 9.17) is 18.9 Å². The van der Waals surface area contributed by atoms with Gasteiger partial charge < -0.3 is 18.9 Å². The summed E-state index contributed by atoms with van der Waals surface area (Å²) in [5, 5.41) is -0.939. The van der Waals surface area contributed by atoms with Crippen molar-refractivity contribution in [2.75, 3.05) is 28.4 Å². The van der Waals surface area contributed by atoms with E-state index in [1.165, 1.54) is 11.8 Å². The third kappa shape index (κ3) is 1.24. The van der Waals surface area contributed by atoms with Crippen molar-refractivity contribution in [1.29, 1.82) is 0 Å². The summed E-state index contributed by atoms with van der Waals surface area (Å²) in [5.41, 5.74) is -1.52. The molecule has 0 radical (unpaired) electrons. The molecule has 2 aliphatic rings. The third-order valence-corrected chi connectivity index (χ3v) is 7.15. The van der Waals surface area contributed by atoms with Gasteiger partial charge in [-0.25, -0.2) is 0 Å². The lowest BCUT2D eigenvalue weighted by Gasteiger charge is -2.42. The monoisotopic (exact) mass is 304 g/mol. The van der Waals surface area contributed by atoms with Crippen LogP contribution in [0.4, 0.5) is 0 Å². The fourth-order valence-electron chi connectivity index (χ4n) is 4.23. The first-order valence-corrected chi connectivity index (χ1v) is 7.38. The largest absolute Gasteiger partial charge is 0.351 e. The minimum absolute atomic E-state index is 0.0807. The molecule has 5 nitrogen and oxygen atoms in total. The molecule has 0 amide bonds. The van der Waals surface area contributed by atoms with Crippen LogP contribution in [0.3, 0.4) is 0 Å². The Morgan fingerprint density at radius 2 is 1.25 bits per heavy atom. The van der Waals surface area contributed by atoms with E-state index >= 15 is 0 Å². The van der Waals surface area contributed by atoms with Gasteiger partial charge in [-0.1, -0.05) is 25.6 Å². The van der Waals surface area contributed by atoms with E-state index in [0.717, 1.165) is 0 Å². The lowest BCUT2D eigenvalue weighted by Crippen LogP contribution is -2.59. The molecule has 0 aromatic carbocycles. The Hall–Kier alpha value is -0.140. The predicted octanol–water partition coefficient (Wildman–Crippen LogP) is 2.04. The highest BCUT2D eigenvalue weighted by Gasteiger charge is 2.95. The van der Waals surface area contributed by atoms with Crippen molar-refractivity contribution in [3.8, 4) is 0 Å². The molecule has 1 aliphatic heterocycles. The van der Waals surface area contributed by atoms with Crippen LogP contribution in [0.15, 0.2) is 0 Å². The number of methoxy groups -OCH3 is 4. The van der Waals surface area contributed by atoms with Gasteiger partial charge in [-0.3, -0.25) is 4.79 Å². The number of ketones is 1. The molecule has 0 aromatic heterocycles. The van der Waals surface area contributed by atoms with Gasteiger partial charge >= 0.3 is 0 Å². The van der Waals surface area contributed by atoms with Gasteiger partial charge in [0.05, 0.1) is 10.8 Å². The van der Waals surface area contributed by atoms with E-state index in [-0.39, 0.29) is 5.78 Å². The maximum atomic E-state index is 13.0. The first kappa shape index (κ1) is 16.2. The van der Waals surface area contributed by atoms with Crippen LogP contribution in [-0.2, 0) is 23.7 Å². The normalized spacial score (nSPS) is 35.5. The summed E-state index contributed by atoms with van der Waals surface area (Å²) in [5.74, 6) is -1.03. The maximum Gasteiger partial charge on any atom is 0.240 e. The number of Topliss-reactive ketones (excluding diaryl/α,β-unsaturated/α-hetero) is 1. The molecule has 6 heteroatoms. The number of thioether (sulfide) groups is 1. The fourth-order valence-corrected chi connectivity index (χ4v) is 6.21. The Labute approximate surface area is 124 Å².